The molecule has 0 radical (unpaired) electrons. The number of benzene rings is 1. The molecule has 2 rings (SSSR count). The molecule has 126 valence electrons. The maximum Gasteiger partial charge on any atom is 0.337 e. The molecule has 1 fully saturated rings. The standard InChI is InChI=1S/C18H21N3O3/c1-13-6-8-21(9-7-13)17(22)15(11-19)12-20-16-5-3-4-14(10-16)18(23)24-2/h3-5,10,12-13,20H,6-9H2,1-2H3/b15-12-. The first kappa shape index (κ1) is 17.5. The number of ether oxygens (including phenoxy) is 1. The Hall–Kier alpha value is -2.81. The highest BCUT2D eigenvalue weighted by Gasteiger charge is 2.22. The number of piperidine rings is 1. The smallest absolute Gasteiger partial charge is 0.337 e. The van der Waals surface area contributed by atoms with E-state index in [0.717, 1.165) is 12.8 Å². The van der Waals surface area contributed by atoms with E-state index in [1.807, 2.05) is 6.07 Å². The van der Waals surface area contributed by atoms with E-state index in [1.54, 1.807) is 29.2 Å². The van der Waals surface area contributed by atoms with Gasteiger partial charge < -0.3 is 15.0 Å². The molecule has 1 saturated heterocycles. The Bertz CT molecular complexity index is 683. The molecule has 0 atom stereocenters. The first-order chi connectivity index (χ1) is 11.5. The minimum atomic E-state index is -0.443. The van der Waals surface area contributed by atoms with Crippen LogP contribution >= 0.6 is 0 Å². The minimum absolute atomic E-state index is 0.0491. The summed E-state index contributed by atoms with van der Waals surface area (Å²) in [6, 6.07) is 8.62. The van der Waals surface area contributed by atoms with E-state index >= 15 is 0 Å². The summed E-state index contributed by atoms with van der Waals surface area (Å²) in [6.07, 6.45) is 3.30. The van der Waals surface area contributed by atoms with Gasteiger partial charge in [0.15, 0.2) is 0 Å². The first-order valence-corrected chi connectivity index (χ1v) is 7.89. The topological polar surface area (TPSA) is 82.4 Å². The van der Waals surface area contributed by atoms with Crippen molar-refractivity contribution in [3.63, 3.8) is 0 Å². The predicted octanol–water partition coefficient (Wildman–Crippen LogP) is 2.55. The number of amides is 1. The lowest BCUT2D eigenvalue weighted by atomic mass is 9.99. The highest BCUT2D eigenvalue weighted by atomic mass is 16.5. The van der Waals surface area contributed by atoms with Gasteiger partial charge in [-0.15, -0.1) is 0 Å². The Morgan fingerprint density at radius 3 is 2.71 bits per heavy atom. The van der Waals surface area contributed by atoms with Crippen LogP contribution in [0.25, 0.3) is 0 Å². The van der Waals surface area contributed by atoms with Crippen molar-refractivity contribution in [3.8, 4) is 6.07 Å². The summed E-state index contributed by atoms with van der Waals surface area (Å²) in [6.45, 7) is 3.52. The molecule has 1 heterocycles. The molecule has 0 aliphatic carbocycles. The van der Waals surface area contributed by atoms with Crippen molar-refractivity contribution in [1.29, 1.82) is 5.26 Å². The quantitative estimate of drug-likeness (QED) is 0.522. The van der Waals surface area contributed by atoms with Gasteiger partial charge >= 0.3 is 5.97 Å². The summed E-state index contributed by atoms with van der Waals surface area (Å²) >= 11 is 0. The van der Waals surface area contributed by atoms with Crippen molar-refractivity contribution < 1.29 is 14.3 Å². The Morgan fingerprint density at radius 2 is 2.08 bits per heavy atom. The highest BCUT2D eigenvalue weighted by molar-refractivity contribution is 5.97. The van der Waals surface area contributed by atoms with Gasteiger partial charge in [0.2, 0.25) is 0 Å². The molecule has 0 aromatic heterocycles. The number of likely N-dealkylation sites (tertiary alicyclic amines) is 1. The fraction of sp³-hybridized carbons (Fsp3) is 0.389. The fourth-order valence-electron chi connectivity index (χ4n) is 2.53. The Labute approximate surface area is 141 Å². The number of esters is 1. The van der Waals surface area contributed by atoms with E-state index in [9.17, 15) is 14.9 Å². The summed E-state index contributed by atoms with van der Waals surface area (Å²) in [5, 5.41) is 12.2. The second kappa shape index (κ2) is 8.16. The molecule has 1 N–H and O–H groups in total. The molecule has 1 aliphatic rings. The van der Waals surface area contributed by atoms with E-state index in [2.05, 4.69) is 17.0 Å². The summed E-state index contributed by atoms with van der Waals surface area (Å²) in [4.78, 5) is 25.6. The summed E-state index contributed by atoms with van der Waals surface area (Å²) in [5.41, 5.74) is 1.05. The van der Waals surface area contributed by atoms with Crippen LogP contribution in [0.1, 0.15) is 30.1 Å². The van der Waals surface area contributed by atoms with Crippen LogP contribution in [0, 0.1) is 17.2 Å². The van der Waals surface area contributed by atoms with Crippen molar-refractivity contribution in [2.45, 2.75) is 19.8 Å². The number of rotatable bonds is 4. The molecule has 1 amide bonds. The molecule has 0 bridgehead atoms. The molecule has 0 saturated carbocycles. The lowest BCUT2D eigenvalue weighted by molar-refractivity contribution is -0.128. The molecule has 0 unspecified atom stereocenters. The van der Waals surface area contributed by atoms with Gasteiger partial charge in [0.05, 0.1) is 12.7 Å². The Morgan fingerprint density at radius 1 is 1.38 bits per heavy atom. The van der Waals surface area contributed by atoms with E-state index in [0.29, 0.717) is 30.3 Å². The summed E-state index contributed by atoms with van der Waals surface area (Å²) in [7, 11) is 1.31. The zero-order chi connectivity index (χ0) is 17.5. The first-order valence-electron chi connectivity index (χ1n) is 7.89. The van der Waals surface area contributed by atoms with Gasteiger partial charge in [0.1, 0.15) is 11.6 Å². The van der Waals surface area contributed by atoms with Crippen LogP contribution in [0.3, 0.4) is 0 Å². The van der Waals surface area contributed by atoms with Crippen molar-refractivity contribution in [3.05, 3.63) is 41.6 Å². The van der Waals surface area contributed by atoms with Gasteiger partial charge in [0, 0.05) is 25.0 Å². The van der Waals surface area contributed by atoms with Gasteiger partial charge in [-0.3, -0.25) is 4.79 Å². The lowest BCUT2D eigenvalue weighted by Crippen LogP contribution is -2.38. The fourth-order valence-corrected chi connectivity index (χ4v) is 2.53. The van der Waals surface area contributed by atoms with Crippen molar-refractivity contribution in [2.24, 2.45) is 5.92 Å². The second-order valence-electron chi connectivity index (χ2n) is 5.86. The average molecular weight is 327 g/mol. The van der Waals surface area contributed by atoms with Crippen LogP contribution in [0.4, 0.5) is 5.69 Å². The van der Waals surface area contributed by atoms with Crippen molar-refractivity contribution in [2.75, 3.05) is 25.5 Å². The number of nitriles is 1. The normalized spacial score (nSPS) is 15.5. The molecule has 6 heteroatoms. The molecule has 6 nitrogen and oxygen atoms in total. The van der Waals surface area contributed by atoms with E-state index < -0.39 is 5.97 Å². The van der Waals surface area contributed by atoms with Crippen LogP contribution in [0.5, 0.6) is 0 Å². The number of nitrogens with one attached hydrogen (secondary N) is 1. The Kier molecular flexibility index (Phi) is 5.96. The van der Waals surface area contributed by atoms with Crippen LogP contribution in [-0.4, -0.2) is 37.0 Å². The van der Waals surface area contributed by atoms with Crippen LogP contribution in [0.2, 0.25) is 0 Å². The summed E-state index contributed by atoms with van der Waals surface area (Å²) in [5.74, 6) is -0.0922. The molecule has 1 aliphatic heterocycles. The number of carbonyl (C=O) groups is 2. The molecular weight excluding hydrogens is 306 g/mol. The van der Waals surface area contributed by atoms with Crippen LogP contribution in [0.15, 0.2) is 36.0 Å². The van der Waals surface area contributed by atoms with Gasteiger partial charge in [-0.25, -0.2) is 4.79 Å². The largest absolute Gasteiger partial charge is 0.465 e. The number of hydrogen-bond donors (Lipinski definition) is 1. The molecular formula is C18H21N3O3. The number of hydrogen-bond acceptors (Lipinski definition) is 5. The monoisotopic (exact) mass is 327 g/mol. The predicted molar refractivity (Wildman–Crippen MR) is 90.1 cm³/mol. The number of nitrogens with zero attached hydrogens (tertiary/aromatic N) is 2. The van der Waals surface area contributed by atoms with E-state index in [4.69, 9.17) is 0 Å². The third-order valence-electron chi connectivity index (χ3n) is 4.09. The third-order valence-corrected chi connectivity index (χ3v) is 4.09. The van der Waals surface area contributed by atoms with Gasteiger partial charge in [-0.2, -0.15) is 5.26 Å². The molecule has 1 aromatic carbocycles. The van der Waals surface area contributed by atoms with Gasteiger partial charge in [-0.05, 0) is 37.0 Å². The van der Waals surface area contributed by atoms with E-state index in [-0.39, 0.29) is 11.5 Å². The second-order valence-corrected chi connectivity index (χ2v) is 5.86. The maximum absolute atomic E-state index is 12.4. The van der Waals surface area contributed by atoms with Gasteiger partial charge in [-0.1, -0.05) is 13.0 Å². The minimum Gasteiger partial charge on any atom is -0.465 e. The van der Waals surface area contributed by atoms with E-state index in [1.165, 1.54) is 13.3 Å². The van der Waals surface area contributed by atoms with Crippen molar-refractivity contribution in [1.82, 2.24) is 4.90 Å². The van der Waals surface area contributed by atoms with Crippen LogP contribution < -0.4 is 5.32 Å². The highest BCUT2D eigenvalue weighted by Crippen LogP contribution is 2.18. The van der Waals surface area contributed by atoms with Crippen molar-refractivity contribution >= 4 is 17.6 Å². The summed E-state index contributed by atoms with van der Waals surface area (Å²) < 4.78 is 4.67. The Balaban J connectivity index is 2.07. The number of carbonyl (C=O) groups excluding carboxylic acids is 2. The third kappa shape index (κ3) is 4.35. The molecule has 1 aromatic rings. The number of anilines is 1. The average Bonchev–Trinajstić information content (AvgIpc) is 2.62. The molecule has 24 heavy (non-hydrogen) atoms. The number of methoxy groups -OCH3 is 1. The molecule has 0 spiro atoms. The zero-order valence-electron chi connectivity index (χ0n) is 13.9. The lowest BCUT2D eigenvalue weighted by Gasteiger charge is -2.30. The van der Waals surface area contributed by atoms with Gasteiger partial charge in [0.25, 0.3) is 5.91 Å². The maximum atomic E-state index is 12.4. The SMILES string of the molecule is COC(=O)c1cccc(N/C=C(/C#N)C(=O)N2CCC(C)CC2)c1. The van der Waals surface area contributed by atoms with Crippen LogP contribution in [-0.2, 0) is 9.53 Å². The zero-order valence-corrected chi connectivity index (χ0v) is 13.9.